The van der Waals surface area contributed by atoms with Crippen LogP contribution in [0.15, 0.2) is 42.5 Å². The fourth-order valence-electron chi connectivity index (χ4n) is 2.80. The Morgan fingerprint density at radius 2 is 1.79 bits per heavy atom. The lowest BCUT2D eigenvalue weighted by Gasteiger charge is -2.29. The van der Waals surface area contributed by atoms with Crippen molar-refractivity contribution in [3.63, 3.8) is 0 Å². The number of amides is 1. The summed E-state index contributed by atoms with van der Waals surface area (Å²) in [5.74, 6) is 0.449. The third-order valence-electron chi connectivity index (χ3n) is 4.11. The second-order valence-electron chi connectivity index (χ2n) is 6.08. The first-order valence-electron chi connectivity index (χ1n) is 8.41. The van der Waals surface area contributed by atoms with Crippen LogP contribution in [0.1, 0.15) is 12.5 Å². The number of benzene rings is 2. The number of nitrogens with one attached hydrogen (secondary N) is 1. The summed E-state index contributed by atoms with van der Waals surface area (Å²) in [5, 5.41) is 3.07. The van der Waals surface area contributed by atoms with Crippen LogP contribution in [0.25, 0.3) is 0 Å². The lowest BCUT2D eigenvalue weighted by Crippen LogP contribution is -2.47. The molecule has 0 fully saturated rings. The molecule has 0 aliphatic heterocycles. The molecule has 0 aliphatic carbocycles. The number of para-hydroxylation sites is 1. The first kappa shape index (κ1) is 21.8. The van der Waals surface area contributed by atoms with Crippen LogP contribution >= 0.6 is 11.6 Å². The van der Waals surface area contributed by atoms with Gasteiger partial charge in [-0.15, -0.1) is 0 Å². The minimum atomic E-state index is -3.80. The van der Waals surface area contributed by atoms with E-state index < -0.39 is 22.0 Å². The summed E-state index contributed by atoms with van der Waals surface area (Å²) in [6, 6.07) is 10.8. The highest BCUT2D eigenvalue weighted by Gasteiger charge is 2.31. The van der Waals surface area contributed by atoms with Gasteiger partial charge in [-0.2, -0.15) is 0 Å². The molecule has 152 valence electrons. The van der Waals surface area contributed by atoms with E-state index in [-0.39, 0.29) is 12.2 Å². The summed E-state index contributed by atoms with van der Waals surface area (Å²) in [4.78, 5) is 12.7. The van der Waals surface area contributed by atoms with Gasteiger partial charge in [0.2, 0.25) is 15.9 Å². The largest absolute Gasteiger partial charge is 0.496 e. The van der Waals surface area contributed by atoms with Gasteiger partial charge < -0.3 is 14.8 Å². The van der Waals surface area contributed by atoms with E-state index in [1.54, 1.807) is 25.3 Å². The van der Waals surface area contributed by atoms with Crippen LogP contribution in [0.2, 0.25) is 5.02 Å². The van der Waals surface area contributed by atoms with E-state index >= 15 is 0 Å². The van der Waals surface area contributed by atoms with Crippen molar-refractivity contribution in [1.82, 2.24) is 5.32 Å². The molecule has 0 radical (unpaired) electrons. The van der Waals surface area contributed by atoms with Gasteiger partial charge in [0.05, 0.1) is 26.2 Å². The molecule has 0 saturated heterocycles. The summed E-state index contributed by atoms with van der Waals surface area (Å²) < 4.78 is 36.4. The Hall–Kier alpha value is -2.45. The van der Waals surface area contributed by atoms with Crippen molar-refractivity contribution in [2.24, 2.45) is 0 Å². The number of nitrogens with zero attached hydrogens (tertiary/aromatic N) is 1. The lowest BCUT2D eigenvalue weighted by atomic mass is 10.2. The van der Waals surface area contributed by atoms with Crippen LogP contribution in [-0.4, -0.2) is 40.8 Å². The Labute approximate surface area is 170 Å². The van der Waals surface area contributed by atoms with Gasteiger partial charge in [0.1, 0.15) is 17.5 Å². The predicted octanol–water partition coefficient (Wildman–Crippen LogP) is 2.83. The maximum atomic E-state index is 12.7. The van der Waals surface area contributed by atoms with Gasteiger partial charge in [-0.25, -0.2) is 8.42 Å². The molecule has 0 bridgehead atoms. The van der Waals surface area contributed by atoms with E-state index in [0.717, 1.165) is 16.1 Å². The molecule has 0 saturated carbocycles. The average Bonchev–Trinajstić information content (AvgIpc) is 2.65. The number of carbonyl (C=O) groups excluding carboxylic acids is 1. The normalized spacial score (nSPS) is 12.2. The Kier molecular flexibility index (Phi) is 7.15. The Balaban J connectivity index is 2.30. The Bertz CT molecular complexity index is 949. The van der Waals surface area contributed by atoms with Crippen LogP contribution in [0, 0.1) is 0 Å². The molecule has 28 heavy (non-hydrogen) atoms. The van der Waals surface area contributed by atoms with E-state index in [9.17, 15) is 13.2 Å². The highest BCUT2D eigenvalue weighted by atomic mass is 35.5. The third-order valence-corrected chi connectivity index (χ3v) is 5.58. The number of methoxy groups -OCH3 is 2. The Morgan fingerprint density at radius 3 is 2.39 bits per heavy atom. The van der Waals surface area contributed by atoms with Crippen LogP contribution in [0.4, 0.5) is 5.69 Å². The van der Waals surface area contributed by atoms with Crippen molar-refractivity contribution in [2.45, 2.75) is 19.5 Å². The monoisotopic (exact) mass is 426 g/mol. The van der Waals surface area contributed by atoms with Crippen LogP contribution < -0.4 is 19.1 Å². The SMILES string of the molecule is COc1ccccc1CNC(=O)[C@@H](C)N(c1cc(Cl)ccc1OC)S(C)(=O)=O. The third kappa shape index (κ3) is 5.08. The van der Waals surface area contributed by atoms with E-state index in [2.05, 4.69) is 5.32 Å². The van der Waals surface area contributed by atoms with Crippen LogP contribution in [-0.2, 0) is 21.4 Å². The van der Waals surface area contributed by atoms with Crippen molar-refractivity contribution < 1.29 is 22.7 Å². The van der Waals surface area contributed by atoms with Crippen molar-refractivity contribution in [1.29, 1.82) is 0 Å². The minimum absolute atomic E-state index is 0.192. The molecule has 2 aromatic carbocycles. The maximum absolute atomic E-state index is 12.7. The van der Waals surface area contributed by atoms with Crippen molar-refractivity contribution in [2.75, 3.05) is 24.8 Å². The highest BCUT2D eigenvalue weighted by molar-refractivity contribution is 7.92. The van der Waals surface area contributed by atoms with Crippen LogP contribution in [0.5, 0.6) is 11.5 Å². The average molecular weight is 427 g/mol. The van der Waals surface area contributed by atoms with E-state index in [0.29, 0.717) is 16.5 Å². The smallest absolute Gasteiger partial charge is 0.243 e. The molecule has 0 spiro atoms. The van der Waals surface area contributed by atoms with E-state index in [4.69, 9.17) is 21.1 Å². The molecule has 0 unspecified atom stereocenters. The van der Waals surface area contributed by atoms with Crippen molar-refractivity contribution >= 4 is 33.2 Å². The second kappa shape index (κ2) is 9.16. The van der Waals surface area contributed by atoms with Gasteiger partial charge in [-0.05, 0) is 31.2 Å². The number of halogens is 1. The molecule has 0 aliphatic rings. The zero-order valence-electron chi connectivity index (χ0n) is 16.1. The first-order valence-corrected chi connectivity index (χ1v) is 10.6. The van der Waals surface area contributed by atoms with Gasteiger partial charge in [-0.1, -0.05) is 29.8 Å². The van der Waals surface area contributed by atoms with Gasteiger partial charge in [0.15, 0.2) is 0 Å². The molecule has 2 aromatic rings. The molecule has 9 heteroatoms. The highest BCUT2D eigenvalue weighted by Crippen LogP contribution is 2.34. The molecule has 1 amide bonds. The standard InChI is InChI=1S/C19H23ClN2O5S/c1-13(19(23)21-12-14-7-5-6-8-17(14)26-2)22(28(4,24)25)16-11-15(20)9-10-18(16)27-3/h5-11,13H,12H2,1-4H3,(H,21,23)/t13-/m1/s1. The molecular weight excluding hydrogens is 404 g/mol. The number of carbonyl (C=O) groups is 1. The molecule has 0 heterocycles. The first-order chi connectivity index (χ1) is 13.2. The predicted molar refractivity (Wildman–Crippen MR) is 110 cm³/mol. The van der Waals surface area contributed by atoms with Crippen LogP contribution in [0.3, 0.4) is 0 Å². The molecular formula is C19H23ClN2O5S. The number of anilines is 1. The van der Waals surface area contributed by atoms with Gasteiger partial charge >= 0.3 is 0 Å². The second-order valence-corrected chi connectivity index (χ2v) is 8.38. The Morgan fingerprint density at radius 1 is 1.14 bits per heavy atom. The molecule has 0 aromatic heterocycles. The number of hydrogen-bond donors (Lipinski definition) is 1. The van der Waals surface area contributed by atoms with Crippen molar-refractivity contribution in [3.05, 3.63) is 53.1 Å². The zero-order chi connectivity index (χ0) is 20.9. The topological polar surface area (TPSA) is 84.9 Å². The summed E-state index contributed by atoms with van der Waals surface area (Å²) in [6.45, 7) is 1.69. The van der Waals surface area contributed by atoms with Gasteiger partial charge in [0.25, 0.3) is 0 Å². The fraction of sp³-hybridized carbons (Fsp3) is 0.316. The van der Waals surface area contributed by atoms with Crippen molar-refractivity contribution in [3.8, 4) is 11.5 Å². The number of rotatable bonds is 8. The number of ether oxygens (including phenoxy) is 2. The van der Waals surface area contributed by atoms with Gasteiger partial charge in [0, 0.05) is 17.1 Å². The molecule has 1 atom stereocenters. The molecule has 1 N–H and O–H groups in total. The molecule has 7 nitrogen and oxygen atoms in total. The maximum Gasteiger partial charge on any atom is 0.243 e. The minimum Gasteiger partial charge on any atom is -0.496 e. The van der Waals surface area contributed by atoms with Gasteiger partial charge in [-0.3, -0.25) is 9.10 Å². The summed E-state index contributed by atoms with van der Waals surface area (Å²) >= 11 is 6.04. The molecule has 2 rings (SSSR count). The van der Waals surface area contributed by atoms with E-state index in [1.807, 2.05) is 18.2 Å². The number of sulfonamides is 1. The summed E-state index contributed by atoms with van der Waals surface area (Å²) in [6.07, 6.45) is 1.03. The fourth-order valence-corrected chi connectivity index (χ4v) is 4.13. The van der Waals surface area contributed by atoms with E-state index in [1.165, 1.54) is 20.1 Å². The number of hydrogen-bond acceptors (Lipinski definition) is 5. The zero-order valence-corrected chi connectivity index (χ0v) is 17.7. The lowest BCUT2D eigenvalue weighted by molar-refractivity contribution is -0.122. The summed E-state index contributed by atoms with van der Waals surface area (Å²) in [5.41, 5.74) is 0.967. The summed E-state index contributed by atoms with van der Waals surface area (Å²) in [7, 11) is -0.840. The quantitative estimate of drug-likeness (QED) is 0.701.